The summed E-state index contributed by atoms with van der Waals surface area (Å²) in [4.78, 5) is 12.2. The first-order chi connectivity index (χ1) is 20.0. The van der Waals surface area contributed by atoms with Crippen LogP contribution >= 0.6 is 54.2 Å². The van der Waals surface area contributed by atoms with Crippen LogP contribution in [0, 0.1) is 0 Å². The summed E-state index contributed by atoms with van der Waals surface area (Å²) in [6, 6.07) is 18.4. The molecular formula is C29H32Cl4NO7P. The van der Waals surface area contributed by atoms with Gasteiger partial charge in [0.2, 0.25) is 0 Å². The zero-order chi connectivity index (χ0) is 30.7. The largest absolute Gasteiger partial charge is 0.529 e. The van der Waals surface area contributed by atoms with Crippen LogP contribution < -0.4 is 9.47 Å². The first-order valence-electron chi connectivity index (χ1n) is 12.7. The standard InChI is InChI=1S/C29H32Cl4NO7P/c1-34(2)17-23(18-38-28-10-5-4-8-21(28)12-11-20-7-6-9-22(13-20)37-3)39-19-40-42(35,36)41-29(16-30)24-14-26(32)27(33)15-25(24)31/h4-10,13-16,23H,11-12,17-19H2,1-3H3,(H,35,36)/t23-/m0/s1. The van der Waals surface area contributed by atoms with Crippen molar-refractivity contribution in [3.8, 4) is 11.5 Å². The van der Waals surface area contributed by atoms with Crippen LogP contribution in [-0.4, -0.2) is 57.0 Å². The van der Waals surface area contributed by atoms with Crippen LogP contribution in [0.2, 0.25) is 15.1 Å². The average Bonchev–Trinajstić information content (AvgIpc) is 2.95. The fourth-order valence-corrected chi connectivity index (χ4v) is 5.40. The fraction of sp³-hybridized carbons (Fsp3) is 0.310. The first-order valence-corrected chi connectivity index (χ1v) is 15.8. The number of phosphoric acid groups is 1. The van der Waals surface area contributed by atoms with Gasteiger partial charge in [-0.3, -0.25) is 4.89 Å². The smallest absolute Gasteiger partial charge is 0.497 e. The molecule has 0 saturated heterocycles. The summed E-state index contributed by atoms with van der Waals surface area (Å²) in [5, 5.41) is 0.463. The van der Waals surface area contributed by atoms with Crippen LogP contribution in [0.15, 0.2) is 66.2 Å². The van der Waals surface area contributed by atoms with Gasteiger partial charge in [-0.2, -0.15) is 0 Å². The van der Waals surface area contributed by atoms with E-state index in [2.05, 4.69) is 6.07 Å². The minimum absolute atomic E-state index is 0.111. The molecule has 0 aliphatic heterocycles. The van der Waals surface area contributed by atoms with Crippen molar-refractivity contribution in [2.75, 3.05) is 41.1 Å². The second-order valence-electron chi connectivity index (χ2n) is 9.35. The Morgan fingerprint density at radius 2 is 1.74 bits per heavy atom. The zero-order valence-electron chi connectivity index (χ0n) is 23.3. The number of likely N-dealkylation sites (N-methyl/N-ethyl adjacent to an activating group) is 1. The summed E-state index contributed by atoms with van der Waals surface area (Å²) in [5.41, 5.74) is 3.28. The Morgan fingerprint density at radius 1 is 1.00 bits per heavy atom. The van der Waals surface area contributed by atoms with Gasteiger partial charge in [-0.05, 0) is 68.4 Å². The van der Waals surface area contributed by atoms with Gasteiger partial charge in [0, 0.05) is 17.6 Å². The molecule has 0 aromatic heterocycles. The van der Waals surface area contributed by atoms with Gasteiger partial charge in [0.15, 0.2) is 12.6 Å². The molecule has 0 bridgehead atoms. The van der Waals surface area contributed by atoms with Crippen LogP contribution in [0.25, 0.3) is 5.76 Å². The third-order valence-electron chi connectivity index (χ3n) is 5.89. The Morgan fingerprint density at radius 3 is 2.45 bits per heavy atom. The van der Waals surface area contributed by atoms with E-state index in [1.54, 1.807) is 7.11 Å². The van der Waals surface area contributed by atoms with Crippen molar-refractivity contribution >= 4 is 60.0 Å². The Balaban J connectivity index is 1.58. The van der Waals surface area contributed by atoms with E-state index in [-0.39, 0.29) is 33.0 Å². The van der Waals surface area contributed by atoms with Crippen LogP contribution in [0.5, 0.6) is 11.5 Å². The summed E-state index contributed by atoms with van der Waals surface area (Å²) in [5.74, 6) is 1.30. The number of methoxy groups -OCH3 is 1. The molecule has 0 amide bonds. The van der Waals surface area contributed by atoms with Crippen molar-refractivity contribution in [3.63, 3.8) is 0 Å². The molecule has 1 N–H and O–H groups in total. The lowest BCUT2D eigenvalue weighted by Crippen LogP contribution is -2.34. The van der Waals surface area contributed by atoms with Gasteiger partial charge >= 0.3 is 7.82 Å². The highest BCUT2D eigenvalue weighted by molar-refractivity contribution is 7.47. The van der Waals surface area contributed by atoms with Crippen molar-refractivity contribution in [2.45, 2.75) is 18.9 Å². The van der Waals surface area contributed by atoms with E-state index in [1.807, 2.05) is 61.5 Å². The van der Waals surface area contributed by atoms with Crippen molar-refractivity contribution in [3.05, 3.63) is 98.0 Å². The van der Waals surface area contributed by atoms with Crippen molar-refractivity contribution in [2.24, 2.45) is 0 Å². The number of hydrogen-bond acceptors (Lipinski definition) is 7. The molecule has 0 heterocycles. The molecule has 3 aromatic rings. The van der Waals surface area contributed by atoms with E-state index >= 15 is 0 Å². The lowest BCUT2D eigenvalue weighted by atomic mass is 10.0. The molecule has 0 radical (unpaired) electrons. The highest BCUT2D eigenvalue weighted by Gasteiger charge is 2.27. The van der Waals surface area contributed by atoms with Gasteiger partial charge in [-0.15, -0.1) is 0 Å². The number of aryl methyl sites for hydroxylation is 2. The van der Waals surface area contributed by atoms with Gasteiger partial charge in [0.1, 0.15) is 24.2 Å². The molecule has 3 rings (SSSR count). The molecule has 0 saturated carbocycles. The van der Waals surface area contributed by atoms with Gasteiger partial charge in [-0.1, -0.05) is 76.7 Å². The third kappa shape index (κ3) is 10.9. The molecule has 13 heteroatoms. The number of phosphoric ester groups is 1. The predicted octanol–water partition coefficient (Wildman–Crippen LogP) is 8.09. The summed E-state index contributed by atoms with van der Waals surface area (Å²) in [6.07, 6.45) is 1.07. The third-order valence-corrected chi connectivity index (χ3v) is 7.98. The van der Waals surface area contributed by atoms with Crippen molar-refractivity contribution < 1.29 is 32.7 Å². The quantitative estimate of drug-likeness (QED) is 0.0704. The van der Waals surface area contributed by atoms with Gasteiger partial charge in [-0.25, -0.2) is 9.09 Å². The Bertz CT molecular complexity index is 1410. The molecular weight excluding hydrogens is 647 g/mol. The van der Waals surface area contributed by atoms with E-state index in [9.17, 15) is 9.46 Å². The number of para-hydroxylation sites is 1. The predicted molar refractivity (Wildman–Crippen MR) is 168 cm³/mol. The number of ether oxygens (including phenoxy) is 3. The molecule has 8 nitrogen and oxygen atoms in total. The number of halogens is 4. The highest BCUT2D eigenvalue weighted by atomic mass is 35.5. The Hall–Kier alpha value is -1.97. The Kier molecular flexibility index (Phi) is 13.8. The highest BCUT2D eigenvalue weighted by Crippen LogP contribution is 2.49. The van der Waals surface area contributed by atoms with Crippen LogP contribution in [0.1, 0.15) is 16.7 Å². The molecule has 3 aromatic carbocycles. The minimum atomic E-state index is -4.67. The normalized spacial score (nSPS) is 14.0. The summed E-state index contributed by atoms with van der Waals surface area (Å²) >= 11 is 24.0. The summed E-state index contributed by atoms with van der Waals surface area (Å²) in [6.45, 7) is 0.0649. The molecule has 228 valence electrons. The maximum absolute atomic E-state index is 12.7. The van der Waals surface area contributed by atoms with Gasteiger partial charge in [0.05, 0.1) is 22.2 Å². The van der Waals surface area contributed by atoms with E-state index < -0.39 is 20.7 Å². The number of hydrogen-bond donors (Lipinski definition) is 1. The van der Waals surface area contributed by atoms with E-state index in [0.29, 0.717) is 6.54 Å². The Labute approximate surface area is 266 Å². The number of rotatable bonds is 16. The first kappa shape index (κ1) is 34.5. The van der Waals surface area contributed by atoms with Crippen LogP contribution in [0.4, 0.5) is 0 Å². The minimum Gasteiger partial charge on any atom is -0.497 e. The molecule has 2 atom stereocenters. The van der Waals surface area contributed by atoms with E-state index in [0.717, 1.165) is 41.0 Å². The second-order valence-corrected chi connectivity index (χ2v) is 12.2. The molecule has 0 fully saturated rings. The molecule has 42 heavy (non-hydrogen) atoms. The second kappa shape index (κ2) is 16.8. The lowest BCUT2D eigenvalue weighted by Gasteiger charge is -2.23. The molecule has 0 aliphatic carbocycles. The number of nitrogens with zero attached hydrogens (tertiary/aromatic N) is 1. The average molecular weight is 679 g/mol. The van der Waals surface area contributed by atoms with E-state index in [4.69, 9.17) is 69.7 Å². The van der Waals surface area contributed by atoms with Crippen LogP contribution in [-0.2, 0) is 31.2 Å². The zero-order valence-corrected chi connectivity index (χ0v) is 27.2. The summed E-state index contributed by atoms with van der Waals surface area (Å²) < 4.78 is 40.1. The van der Waals surface area contributed by atoms with E-state index in [1.165, 1.54) is 12.1 Å². The fourth-order valence-electron chi connectivity index (χ4n) is 3.88. The van der Waals surface area contributed by atoms with Gasteiger partial charge in [0.25, 0.3) is 0 Å². The van der Waals surface area contributed by atoms with Gasteiger partial charge < -0.3 is 23.6 Å². The lowest BCUT2D eigenvalue weighted by molar-refractivity contribution is -0.0686. The molecule has 0 aliphatic rings. The van der Waals surface area contributed by atoms with Crippen molar-refractivity contribution in [1.29, 1.82) is 0 Å². The SMILES string of the molecule is COc1cccc(CCc2ccccc2OC[C@H](CN(C)C)OCOP(=O)(O)OC(=CCl)c2cc(Cl)c(Cl)cc2Cl)c1. The maximum Gasteiger partial charge on any atom is 0.529 e. The maximum atomic E-state index is 12.7. The molecule has 0 spiro atoms. The number of benzene rings is 3. The topological polar surface area (TPSA) is 86.7 Å². The molecule has 1 unspecified atom stereocenters. The van der Waals surface area contributed by atoms with Crippen LogP contribution in [0.3, 0.4) is 0 Å². The van der Waals surface area contributed by atoms with Crippen molar-refractivity contribution in [1.82, 2.24) is 4.90 Å². The summed E-state index contributed by atoms with van der Waals surface area (Å²) in [7, 11) is 0.720. The monoisotopic (exact) mass is 677 g/mol.